The second kappa shape index (κ2) is 7.03. The monoisotopic (exact) mass is 420 g/mol. The Hall–Kier alpha value is -2.58. The van der Waals surface area contributed by atoms with Crippen molar-refractivity contribution in [1.82, 2.24) is 8.87 Å². The first-order chi connectivity index (χ1) is 13.7. The van der Waals surface area contributed by atoms with Crippen LogP contribution in [0.1, 0.15) is 28.4 Å². The SMILES string of the molecule is Cc1ccc(C2c3cccn3CCN2S(=O)(=O)c2ccccc2C(F)(F)F)cc1. The number of benzene rings is 2. The Morgan fingerprint density at radius 2 is 1.62 bits per heavy atom. The van der Waals surface area contributed by atoms with Gasteiger partial charge in [0.25, 0.3) is 0 Å². The van der Waals surface area contributed by atoms with E-state index in [1.807, 2.05) is 54.1 Å². The van der Waals surface area contributed by atoms with Crippen LogP contribution >= 0.6 is 0 Å². The van der Waals surface area contributed by atoms with Crippen molar-refractivity contribution in [2.75, 3.05) is 6.54 Å². The summed E-state index contributed by atoms with van der Waals surface area (Å²) in [6, 6.07) is 14.6. The number of sulfonamides is 1. The highest BCUT2D eigenvalue weighted by atomic mass is 32.2. The van der Waals surface area contributed by atoms with Gasteiger partial charge in [0.15, 0.2) is 0 Å². The van der Waals surface area contributed by atoms with Gasteiger partial charge in [-0.05, 0) is 36.8 Å². The van der Waals surface area contributed by atoms with Crippen molar-refractivity contribution in [1.29, 1.82) is 0 Å². The molecule has 0 radical (unpaired) electrons. The zero-order valence-electron chi connectivity index (χ0n) is 15.6. The molecule has 1 aliphatic heterocycles. The smallest absolute Gasteiger partial charge is 0.348 e. The number of hydrogen-bond donors (Lipinski definition) is 0. The van der Waals surface area contributed by atoms with E-state index in [2.05, 4.69) is 0 Å². The molecule has 2 heterocycles. The molecule has 4 nitrogen and oxygen atoms in total. The Labute approximate surface area is 167 Å². The molecule has 0 N–H and O–H groups in total. The van der Waals surface area contributed by atoms with Gasteiger partial charge < -0.3 is 4.57 Å². The van der Waals surface area contributed by atoms with Crippen LogP contribution in [0.3, 0.4) is 0 Å². The highest BCUT2D eigenvalue weighted by Gasteiger charge is 2.42. The highest BCUT2D eigenvalue weighted by molar-refractivity contribution is 7.89. The Balaban J connectivity index is 1.88. The first-order valence-corrected chi connectivity index (χ1v) is 10.5. The van der Waals surface area contributed by atoms with Crippen molar-refractivity contribution in [3.8, 4) is 0 Å². The molecule has 1 atom stereocenters. The molecule has 1 aromatic heterocycles. The quantitative estimate of drug-likeness (QED) is 0.621. The second-order valence-electron chi connectivity index (χ2n) is 7.05. The topological polar surface area (TPSA) is 42.3 Å². The van der Waals surface area contributed by atoms with Crippen molar-refractivity contribution >= 4 is 10.0 Å². The molecule has 0 spiro atoms. The first-order valence-electron chi connectivity index (χ1n) is 9.09. The van der Waals surface area contributed by atoms with Gasteiger partial charge in [0.1, 0.15) is 0 Å². The molecular formula is C21H19F3N2O2S. The van der Waals surface area contributed by atoms with E-state index in [9.17, 15) is 21.6 Å². The number of aryl methyl sites for hydroxylation is 1. The average molecular weight is 420 g/mol. The molecule has 0 saturated carbocycles. The Kier molecular flexibility index (Phi) is 4.78. The van der Waals surface area contributed by atoms with E-state index >= 15 is 0 Å². The summed E-state index contributed by atoms with van der Waals surface area (Å²) in [7, 11) is -4.40. The molecule has 0 fully saturated rings. The van der Waals surface area contributed by atoms with Crippen LogP contribution in [0.25, 0.3) is 0 Å². The lowest BCUT2D eigenvalue weighted by Crippen LogP contribution is -2.42. The molecule has 0 amide bonds. The number of alkyl halides is 3. The molecule has 4 rings (SSSR count). The van der Waals surface area contributed by atoms with Crippen LogP contribution in [0.5, 0.6) is 0 Å². The minimum atomic E-state index is -4.76. The van der Waals surface area contributed by atoms with Crippen molar-refractivity contribution in [3.05, 3.63) is 89.2 Å². The van der Waals surface area contributed by atoms with Gasteiger partial charge in [-0.25, -0.2) is 8.42 Å². The summed E-state index contributed by atoms with van der Waals surface area (Å²) in [6.45, 7) is 2.37. The lowest BCUT2D eigenvalue weighted by Gasteiger charge is -2.36. The highest BCUT2D eigenvalue weighted by Crippen LogP contribution is 2.40. The minimum Gasteiger partial charge on any atom is -0.348 e. The summed E-state index contributed by atoms with van der Waals surface area (Å²) in [5, 5.41) is 0. The van der Waals surface area contributed by atoms with Crippen molar-refractivity contribution in [2.45, 2.75) is 30.6 Å². The van der Waals surface area contributed by atoms with Crippen molar-refractivity contribution < 1.29 is 21.6 Å². The van der Waals surface area contributed by atoms with Crippen LogP contribution < -0.4 is 0 Å². The van der Waals surface area contributed by atoms with Gasteiger partial charge in [0, 0.05) is 25.0 Å². The van der Waals surface area contributed by atoms with Gasteiger partial charge in [-0.15, -0.1) is 0 Å². The fraction of sp³-hybridized carbons (Fsp3) is 0.238. The normalized spacial score (nSPS) is 17.9. The van der Waals surface area contributed by atoms with Crippen LogP contribution in [0.4, 0.5) is 13.2 Å². The van der Waals surface area contributed by atoms with Crippen LogP contribution in [-0.4, -0.2) is 23.8 Å². The zero-order chi connectivity index (χ0) is 20.8. The molecule has 3 aromatic rings. The molecule has 8 heteroatoms. The number of halogens is 3. The second-order valence-corrected chi connectivity index (χ2v) is 8.91. The summed E-state index contributed by atoms with van der Waals surface area (Å²) < 4.78 is 70.6. The molecule has 29 heavy (non-hydrogen) atoms. The summed E-state index contributed by atoms with van der Waals surface area (Å²) in [4.78, 5) is -0.718. The fourth-order valence-electron chi connectivity index (χ4n) is 3.76. The maximum absolute atomic E-state index is 13.5. The molecule has 1 aliphatic rings. The van der Waals surface area contributed by atoms with Gasteiger partial charge in [-0.2, -0.15) is 17.5 Å². The van der Waals surface area contributed by atoms with E-state index in [0.717, 1.165) is 23.4 Å². The van der Waals surface area contributed by atoms with Crippen molar-refractivity contribution in [2.24, 2.45) is 0 Å². The lowest BCUT2D eigenvalue weighted by molar-refractivity contribution is -0.139. The molecule has 152 valence electrons. The third-order valence-electron chi connectivity index (χ3n) is 5.17. The van der Waals surface area contributed by atoms with Gasteiger partial charge in [-0.1, -0.05) is 42.0 Å². The van der Waals surface area contributed by atoms with E-state index in [-0.39, 0.29) is 6.54 Å². The van der Waals surface area contributed by atoms with Crippen molar-refractivity contribution in [3.63, 3.8) is 0 Å². The molecule has 0 saturated heterocycles. The molecule has 1 unspecified atom stereocenters. The van der Waals surface area contributed by atoms with Gasteiger partial charge >= 0.3 is 6.18 Å². The van der Waals surface area contributed by atoms with Crippen LogP contribution in [0, 0.1) is 6.92 Å². The molecule has 2 aromatic carbocycles. The minimum absolute atomic E-state index is 0.0781. The number of fused-ring (bicyclic) bond motifs is 1. The number of nitrogens with zero attached hydrogens (tertiary/aromatic N) is 2. The van der Waals surface area contributed by atoms with Crippen LogP contribution in [0.15, 0.2) is 71.8 Å². The number of rotatable bonds is 3. The summed E-state index contributed by atoms with van der Waals surface area (Å²) in [5.74, 6) is 0. The largest absolute Gasteiger partial charge is 0.417 e. The molecular weight excluding hydrogens is 401 g/mol. The molecule has 0 bridgehead atoms. The summed E-state index contributed by atoms with van der Waals surface area (Å²) in [5.41, 5.74) is 1.30. The summed E-state index contributed by atoms with van der Waals surface area (Å²) in [6.07, 6.45) is -2.91. The predicted molar refractivity (Wildman–Crippen MR) is 103 cm³/mol. The maximum Gasteiger partial charge on any atom is 0.417 e. The maximum atomic E-state index is 13.5. The Morgan fingerprint density at radius 1 is 0.931 bits per heavy atom. The van der Waals surface area contributed by atoms with E-state index in [0.29, 0.717) is 12.1 Å². The first kappa shape index (κ1) is 19.7. The fourth-order valence-corrected chi connectivity index (χ4v) is 5.55. The van der Waals surface area contributed by atoms with E-state index in [1.54, 1.807) is 0 Å². The van der Waals surface area contributed by atoms with Crippen LogP contribution in [-0.2, 0) is 22.7 Å². The molecule has 0 aliphatic carbocycles. The third-order valence-corrected chi connectivity index (χ3v) is 7.09. The van der Waals surface area contributed by atoms with Gasteiger partial charge in [-0.3, -0.25) is 0 Å². The number of hydrogen-bond acceptors (Lipinski definition) is 2. The Morgan fingerprint density at radius 3 is 2.31 bits per heavy atom. The predicted octanol–water partition coefficient (Wildman–Crippen LogP) is 4.61. The standard InChI is InChI=1S/C21H19F3N2O2S/c1-15-8-10-16(11-9-15)20-18-6-4-12-25(18)13-14-26(20)29(27,28)19-7-3-2-5-17(19)21(22,23)24/h2-12,20H,13-14H2,1H3. The number of aromatic nitrogens is 1. The van der Waals surface area contributed by atoms with E-state index < -0.39 is 32.7 Å². The summed E-state index contributed by atoms with van der Waals surface area (Å²) >= 11 is 0. The van der Waals surface area contributed by atoms with Gasteiger partial charge in [0.05, 0.1) is 16.5 Å². The Bertz CT molecular complexity index is 1140. The van der Waals surface area contributed by atoms with E-state index in [1.165, 1.54) is 16.4 Å². The average Bonchev–Trinajstić information content (AvgIpc) is 3.16. The third kappa shape index (κ3) is 3.47. The van der Waals surface area contributed by atoms with Gasteiger partial charge in [0.2, 0.25) is 10.0 Å². The lowest BCUT2D eigenvalue weighted by atomic mass is 10.0. The van der Waals surface area contributed by atoms with E-state index in [4.69, 9.17) is 0 Å². The zero-order valence-corrected chi connectivity index (χ0v) is 16.4. The van der Waals surface area contributed by atoms with Crippen LogP contribution in [0.2, 0.25) is 0 Å².